The Hall–Kier alpha value is -3.02. The van der Waals surface area contributed by atoms with Crippen molar-refractivity contribution in [2.24, 2.45) is 0 Å². The predicted octanol–water partition coefficient (Wildman–Crippen LogP) is 0.385. The van der Waals surface area contributed by atoms with Gasteiger partial charge in [0, 0.05) is 24.6 Å². The quantitative estimate of drug-likeness (QED) is 0.348. The van der Waals surface area contributed by atoms with E-state index < -0.39 is 17.9 Å². The van der Waals surface area contributed by atoms with E-state index in [0.717, 1.165) is 12.1 Å². The highest BCUT2D eigenvalue weighted by Gasteiger charge is 2.20. The van der Waals surface area contributed by atoms with Crippen molar-refractivity contribution < 1.29 is 24.2 Å². The van der Waals surface area contributed by atoms with Gasteiger partial charge in [0.15, 0.2) is 5.82 Å². The van der Waals surface area contributed by atoms with Crippen LogP contribution in [0.5, 0.6) is 0 Å². The van der Waals surface area contributed by atoms with Crippen LogP contribution in [0.3, 0.4) is 0 Å². The van der Waals surface area contributed by atoms with Gasteiger partial charge < -0.3 is 25.2 Å². The second-order valence-electron chi connectivity index (χ2n) is 7.40. The molecule has 0 aliphatic heterocycles. The first-order valence-electron chi connectivity index (χ1n) is 10.4. The molecule has 0 saturated carbocycles. The number of nitrogens with zero attached hydrogens (tertiary/aromatic N) is 4. The number of nitrogens with one attached hydrogen (secondary N) is 2. The molecule has 11 heteroatoms. The largest absolute Gasteiger partial charge is 0.480 e. The second-order valence-corrected chi connectivity index (χ2v) is 7.40. The summed E-state index contributed by atoms with van der Waals surface area (Å²) in [6.07, 6.45) is 0.124. The molecule has 11 nitrogen and oxygen atoms in total. The Kier molecular flexibility index (Phi) is 10.6. The van der Waals surface area contributed by atoms with Crippen molar-refractivity contribution in [3.8, 4) is 11.4 Å². The summed E-state index contributed by atoms with van der Waals surface area (Å²) >= 11 is 0. The van der Waals surface area contributed by atoms with Crippen LogP contribution in [0.1, 0.15) is 25.2 Å². The Labute approximate surface area is 186 Å². The van der Waals surface area contributed by atoms with Crippen molar-refractivity contribution in [1.29, 1.82) is 0 Å². The molecule has 1 aromatic carbocycles. The smallest absolute Gasteiger partial charge is 0.326 e. The molecule has 0 bridgehead atoms. The number of hydrogen-bond acceptors (Lipinski definition) is 9. The van der Waals surface area contributed by atoms with Crippen LogP contribution in [-0.2, 0) is 25.5 Å². The molecule has 1 aromatic heterocycles. The van der Waals surface area contributed by atoms with E-state index in [2.05, 4.69) is 44.9 Å². The highest BCUT2D eigenvalue weighted by molar-refractivity contribution is 5.84. The third kappa shape index (κ3) is 9.41. The summed E-state index contributed by atoms with van der Waals surface area (Å²) in [6, 6.07) is 6.34. The first kappa shape index (κ1) is 25.2. The normalized spacial score (nSPS) is 12.0. The van der Waals surface area contributed by atoms with Gasteiger partial charge in [-0.3, -0.25) is 4.79 Å². The van der Waals surface area contributed by atoms with Gasteiger partial charge >= 0.3 is 5.97 Å². The Morgan fingerprint density at radius 2 is 1.66 bits per heavy atom. The van der Waals surface area contributed by atoms with Crippen LogP contribution in [0.15, 0.2) is 24.3 Å². The maximum Gasteiger partial charge on any atom is 0.326 e. The van der Waals surface area contributed by atoms with Crippen molar-refractivity contribution in [1.82, 2.24) is 31.0 Å². The van der Waals surface area contributed by atoms with Gasteiger partial charge in [0.05, 0.1) is 19.8 Å². The second kappa shape index (κ2) is 13.4. The number of carbonyl (C=O) groups is 2. The van der Waals surface area contributed by atoms with E-state index in [1.165, 1.54) is 0 Å². The Morgan fingerprint density at radius 3 is 2.28 bits per heavy atom. The van der Waals surface area contributed by atoms with Crippen molar-refractivity contribution in [3.05, 3.63) is 35.7 Å². The monoisotopic (exact) mass is 446 g/mol. The standard InChI is InChI=1S/C21H30N6O5/c1-14(2)22-8-9-31-10-11-32-13-19(28)23-18(21(29)30)12-16-4-6-17(7-5-16)20-26-24-15(3)25-27-20/h4-7,14,18,22H,8-13H2,1-3H3,(H,23,28)(H,29,30)/t18-/m0/s1. The van der Waals surface area contributed by atoms with E-state index in [1.807, 2.05) is 0 Å². The third-order valence-electron chi connectivity index (χ3n) is 4.27. The summed E-state index contributed by atoms with van der Waals surface area (Å²) in [5, 5.41) is 30.8. The van der Waals surface area contributed by atoms with E-state index in [0.29, 0.717) is 36.5 Å². The van der Waals surface area contributed by atoms with Crippen LogP contribution in [-0.4, -0.2) is 82.4 Å². The zero-order chi connectivity index (χ0) is 23.3. The molecular weight excluding hydrogens is 416 g/mol. The van der Waals surface area contributed by atoms with Crippen LogP contribution in [0, 0.1) is 6.92 Å². The van der Waals surface area contributed by atoms with Gasteiger partial charge in [0.2, 0.25) is 11.7 Å². The number of amides is 1. The lowest BCUT2D eigenvalue weighted by Gasteiger charge is -2.15. The lowest BCUT2D eigenvalue weighted by Crippen LogP contribution is -2.44. The molecule has 32 heavy (non-hydrogen) atoms. The van der Waals surface area contributed by atoms with Crippen molar-refractivity contribution in [2.75, 3.05) is 33.0 Å². The topological polar surface area (TPSA) is 148 Å². The SMILES string of the molecule is Cc1nnc(-c2ccc(C[C@H](NC(=O)COCCOCCNC(C)C)C(=O)O)cc2)nn1. The first-order valence-corrected chi connectivity index (χ1v) is 10.4. The summed E-state index contributed by atoms with van der Waals surface area (Å²) < 4.78 is 10.6. The van der Waals surface area contributed by atoms with Gasteiger partial charge in [0.1, 0.15) is 12.6 Å². The number of carbonyl (C=O) groups excluding carboxylic acids is 1. The highest BCUT2D eigenvalue weighted by atomic mass is 16.5. The molecule has 1 amide bonds. The third-order valence-corrected chi connectivity index (χ3v) is 4.27. The molecule has 2 rings (SSSR count). The lowest BCUT2D eigenvalue weighted by molar-refractivity contribution is -0.142. The molecule has 0 aliphatic carbocycles. The van der Waals surface area contributed by atoms with E-state index in [-0.39, 0.29) is 19.6 Å². The predicted molar refractivity (Wildman–Crippen MR) is 116 cm³/mol. The lowest BCUT2D eigenvalue weighted by atomic mass is 10.0. The Morgan fingerprint density at radius 1 is 1.00 bits per heavy atom. The van der Waals surface area contributed by atoms with Gasteiger partial charge in [-0.15, -0.1) is 20.4 Å². The Bertz CT molecular complexity index is 845. The van der Waals surface area contributed by atoms with Crippen LogP contribution in [0.2, 0.25) is 0 Å². The minimum Gasteiger partial charge on any atom is -0.480 e. The molecule has 0 spiro atoms. The van der Waals surface area contributed by atoms with E-state index in [9.17, 15) is 14.7 Å². The molecule has 2 aromatic rings. The number of ether oxygens (including phenoxy) is 2. The molecule has 0 unspecified atom stereocenters. The number of aromatic nitrogens is 4. The van der Waals surface area contributed by atoms with Crippen LogP contribution in [0.4, 0.5) is 0 Å². The molecule has 0 aliphatic rings. The number of aryl methyl sites for hydroxylation is 1. The minimum atomic E-state index is -1.13. The van der Waals surface area contributed by atoms with Crippen molar-refractivity contribution >= 4 is 11.9 Å². The number of hydrogen-bond donors (Lipinski definition) is 3. The summed E-state index contributed by atoms with van der Waals surface area (Å²) in [5.41, 5.74) is 1.44. The van der Waals surface area contributed by atoms with E-state index in [1.54, 1.807) is 31.2 Å². The van der Waals surface area contributed by atoms with Gasteiger partial charge in [-0.2, -0.15) is 0 Å². The number of aliphatic carboxylic acids is 1. The fourth-order valence-electron chi connectivity index (χ4n) is 2.66. The van der Waals surface area contributed by atoms with Gasteiger partial charge in [0.25, 0.3) is 0 Å². The maximum absolute atomic E-state index is 12.0. The summed E-state index contributed by atoms with van der Waals surface area (Å²) in [7, 11) is 0. The van der Waals surface area contributed by atoms with Gasteiger partial charge in [-0.25, -0.2) is 4.79 Å². The number of benzene rings is 1. The number of rotatable bonds is 14. The Balaban J connectivity index is 1.74. The average molecular weight is 447 g/mol. The fraction of sp³-hybridized carbons (Fsp3) is 0.524. The van der Waals surface area contributed by atoms with Crippen LogP contribution < -0.4 is 10.6 Å². The van der Waals surface area contributed by atoms with Gasteiger partial charge in [-0.1, -0.05) is 38.1 Å². The van der Waals surface area contributed by atoms with Crippen LogP contribution >= 0.6 is 0 Å². The average Bonchev–Trinajstić information content (AvgIpc) is 2.76. The molecule has 3 N–H and O–H groups in total. The zero-order valence-electron chi connectivity index (χ0n) is 18.6. The zero-order valence-corrected chi connectivity index (χ0v) is 18.6. The fourth-order valence-corrected chi connectivity index (χ4v) is 2.66. The van der Waals surface area contributed by atoms with Gasteiger partial charge in [-0.05, 0) is 12.5 Å². The summed E-state index contributed by atoms with van der Waals surface area (Å²) in [5.74, 6) is -0.775. The highest BCUT2D eigenvalue weighted by Crippen LogP contribution is 2.15. The van der Waals surface area contributed by atoms with Crippen molar-refractivity contribution in [3.63, 3.8) is 0 Å². The molecule has 0 fully saturated rings. The molecule has 1 atom stereocenters. The molecule has 0 saturated heterocycles. The minimum absolute atomic E-state index is 0.124. The molecule has 1 heterocycles. The summed E-state index contributed by atoms with van der Waals surface area (Å²) in [6.45, 7) is 7.46. The van der Waals surface area contributed by atoms with Crippen LogP contribution in [0.25, 0.3) is 11.4 Å². The molecule has 0 radical (unpaired) electrons. The van der Waals surface area contributed by atoms with E-state index in [4.69, 9.17) is 9.47 Å². The number of carboxylic acid groups (broad SMARTS) is 1. The summed E-state index contributed by atoms with van der Waals surface area (Å²) in [4.78, 5) is 23.6. The first-order chi connectivity index (χ1) is 15.3. The van der Waals surface area contributed by atoms with E-state index >= 15 is 0 Å². The maximum atomic E-state index is 12.0. The molecular formula is C21H30N6O5. The van der Waals surface area contributed by atoms with Crippen molar-refractivity contribution in [2.45, 2.75) is 39.3 Å². The number of carboxylic acids is 1. The molecule has 174 valence electrons.